The lowest BCUT2D eigenvalue weighted by atomic mass is 10.0. The Balaban J connectivity index is -0.000000378. The summed E-state index contributed by atoms with van der Waals surface area (Å²) in [4.78, 5) is 154. The first-order valence-corrected chi connectivity index (χ1v) is 21.5. The Morgan fingerprint density at radius 3 is 0.969 bits per heavy atom. The lowest BCUT2D eigenvalue weighted by Crippen LogP contribution is -2.33. The van der Waals surface area contributed by atoms with Crippen molar-refractivity contribution < 1.29 is 76.6 Å². The van der Waals surface area contributed by atoms with Crippen molar-refractivity contribution in [1.82, 2.24) is 10.6 Å². The van der Waals surface area contributed by atoms with Gasteiger partial charge in [0.1, 0.15) is 47.1 Å². The van der Waals surface area contributed by atoms with E-state index in [9.17, 15) is 67.1 Å². The molecule has 0 aliphatic heterocycles. The first kappa shape index (κ1) is 65.2. The number of carbonyl (C=O) groups is 14. The van der Waals surface area contributed by atoms with Gasteiger partial charge in [0.05, 0.1) is 24.9 Å². The van der Waals surface area contributed by atoms with E-state index in [-0.39, 0.29) is 177 Å². The number of carbonyl (C=O) groups excluding carboxylic acids is 14. The van der Waals surface area contributed by atoms with E-state index >= 15 is 0 Å². The smallest absolute Gasteiger partial charge is 0.308 e. The van der Waals surface area contributed by atoms with E-state index in [0.717, 1.165) is 0 Å². The maximum Gasteiger partial charge on any atom is 0.308 e. The van der Waals surface area contributed by atoms with Crippen LogP contribution < -0.4 is 10.6 Å². The quantitative estimate of drug-likeness (QED) is 0.0948. The lowest BCUT2D eigenvalue weighted by molar-refractivity contribution is -0.151. The molecule has 364 valence electrons. The Bertz CT molecular complexity index is 1470. The molecule has 18 nitrogen and oxygen atoms in total. The van der Waals surface area contributed by atoms with Gasteiger partial charge in [-0.3, -0.25) is 47.9 Å². The molecule has 0 aromatic rings. The molecule has 0 saturated heterocycles. The van der Waals surface area contributed by atoms with Crippen LogP contribution in [-0.2, 0) is 76.6 Å². The van der Waals surface area contributed by atoms with E-state index < -0.39 is 18.5 Å². The fourth-order valence-electron chi connectivity index (χ4n) is 3.87. The van der Waals surface area contributed by atoms with Crippen molar-refractivity contribution in [2.24, 2.45) is 23.7 Å². The second-order valence-electron chi connectivity index (χ2n) is 16.3. The predicted octanol–water partition coefficient (Wildman–Crippen LogP) is 4.34. The summed E-state index contributed by atoms with van der Waals surface area (Å²) >= 11 is 0. The Hall–Kier alpha value is -5.42. The largest absolute Gasteiger partial charge is 0.457 e. The molecule has 0 heterocycles. The van der Waals surface area contributed by atoms with Gasteiger partial charge in [0.15, 0.2) is 24.0 Å². The van der Waals surface area contributed by atoms with Gasteiger partial charge < -0.3 is 39.3 Å². The minimum absolute atomic E-state index is 0.00407. The molecule has 18 heteroatoms. The van der Waals surface area contributed by atoms with Crippen LogP contribution in [0.2, 0.25) is 0 Å². The molecular formula is C46H74N2O16. The third kappa shape index (κ3) is 47.6. The molecule has 0 atom stereocenters. The molecule has 2 amide bonds. The summed E-state index contributed by atoms with van der Waals surface area (Å²) in [6, 6.07) is 0. The summed E-state index contributed by atoms with van der Waals surface area (Å²) in [6.45, 7) is 18.8. The van der Waals surface area contributed by atoms with Gasteiger partial charge in [-0.25, -0.2) is 0 Å². The van der Waals surface area contributed by atoms with E-state index in [4.69, 9.17) is 4.74 Å². The number of rotatable bonds is 30. The maximum atomic E-state index is 11.3. The van der Waals surface area contributed by atoms with Gasteiger partial charge in [0, 0.05) is 88.9 Å². The average Bonchev–Trinajstić information content (AvgIpc) is 3.21. The molecule has 0 rings (SSSR count). The monoisotopic (exact) mass is 911 g/mol. The SMILES string of the molecule is CC(=O)CCC(=O)CCC(=O)C(C)C.CC(=O)CCC(=O)CNC(=O)CCC(=O)C(C)C.CC(=O)CCC(=O)CNC(=O)COC(=O)C(C)C.CC(=O)CCC(=O)COC(=O)C(C)C. The van der Waals surface area contributed by atoms with Crippen LogP contribution in [0, 0.1) is 23.7 Å². The summed E-state index contributed by atoms with van der Waals surface area (Å²) in [5.74, 6) is -2.87. The molecule has 0 aromatic carbocycles. The molecule has 0 aromatic heterocycles. The van der Waals surface area contributed by atoms with Gasteiger partial charge in [0.25, 0.3) is 5.91 Å². The number of nitrogens with one attached hydrogen (secondary N) is 2. The standard InChI is InChI=1S/C13H21NO4.C12H19NO5.C11H18O3.C10H16O4/c1-9(2)12(17)6-7-13(18)14-8-11(16)5-4-10(3)15;1-8(2)12(17)18-7-11(16)13-6-10(15)5-4-9(3)14;1-8(2)11(14)7-6-10(13)5-4-9(3)12;1-7(2)10(13)14-6-9(12)5-4-8(3)11/h9H,4-8H2,1-3H3,(H,14,18);8H,4-7H2,1-3H3,(H,13,16);8H,4-7H2,1-3H3;7H,4-6H2,1-3H3. The van der Waals surface area contributed by atoms with Gasteiger partial charge >= 0.3 is 11.9 Å². The highest BCUT2D eigenvalue weighted by Crippen LogP contribution is 2.06. The number of esters is 2. The molecule has 0 bridgehead atoms. The van der Waals surface area contributed by atoms with Crippen molar-refractivity contribution in [2.75, 3.05) is 26.3 Å². The fourth-order valence-corrected chi connectivity index (χ4v) is 3.87. The molecular weight excluding hydrogens is 837 g/mol. The number of amides is 2. The second-order valence-corrected chi connectivity index (χ2v) is 16.3. The summed E-state index contributed by atoms with van der Waals surface area (Å²) < 4.78 is 9.38. The molecule has 0 aliphatic rings. The third-order valence-corrected chi connectivity index (χ3v) is 8.19. The van der Waals surface area contributed by atoms with E-state index in [1.165, 1.54) is 27.7 Å². The highest BCUT2D eigenvalue weighted by Gasteiger charge is 2.15. The zero-order valence-electron chi connectivity index (χ0n) is 40.2. The Morgan fingerprint density at radius 1 is 0.328 bits per heavy atom. The molecule has 0 spiro atoms. The summed E-state index contributed by atoms with van der Waals surface area (Å²) in [5, 5.41) is 4.77. The second kappa shape index (κ2) is 39.2. The van der Waals surface area contributed by atoms with Crippen LogP contribution in [0.3, 0.4) is 0 Å². The van der Waals surface area contributed by atoms with Crippen molar-refractivity contribution in [3.8, 4) is 0 Å². The molecule has 64 heavy (non-hydrogen) atoms. The van der Waals surface area contributed by atoms with Crippen LogP contribution in [0.4, 0.5) is 0 Å². The number of hydrogen-bond acceptors (Lipinski definition) is 16. The molecule has 0 saturated carbocycles. The normalized spacial score (nSPS) is 10.1. The highest BCUT2D eigenvalue weighted by atomic mass is 16.5. The maximum absolute atomic E-state index is 11.3. The Morgan fingerprint density at radius 2 is 0.625 bits per heavy atom. The van der Waals surface area contributed by atoms with E-state index in [1.54, 1.807) is 41.5 Å². The summed E-state index contributed by atoms with van der Waals surface area (Å²) in [6.07, 6.45) is 2.51. The number of Topliss-reactive ketones (excluding diaryl/α,β-unsaturated/α-hetero) is 10. The van der Waals surface area contributed by atoms with Crippen molar-refractivity contribution in [3.63, 3.8) is 0 Å². The zero-order chi connectivity index (χ0) is 50.5. The summed E-state index contributed by atoms with van der Waals surface area (Å²) in [5.41, 5.74) is 0. The van der Waals surface area contributed by atoms with Gasteiger partial charge in [-0.2, -0.15) is 0 Å². The molecule has 2 N–H and O–H groups in total. The van der Waals surface area contributed by atoms with Crippen molar-refractivity contribution in [2.45, 2.75) is 160 Å². The molecule has 0 aliphatic carbocycles. The van der Waals surface area contributed by atoms with Crippen LogP contribution in [0.25, 0.3) is 0 Å². The van der Waals surface area contributed by atoms with Gasteiger partial charge in [-0.15, -0.1) is 0 Å². The topological polar surface area (TPSA) is 281 Å². The van der Waals surface area contributed by atoms with Gasteiger partial charge in [-0.1, -0.05) is 55.4 Å². The Kier molecular flexibility index (Phi) is 39.9. The third-order valence-electron chi connectivity index (χ3n) is 8.19. The average molecular weight is 911 g/mol. The first-order valence-electron chi connectivity index (χ1n) is 21.5. The van der Waals surface area contributed by atoms with Crippen LogP contribution in [-0.4, -0.2) is 108 Å². The minimum atomic E-state index is -0.528. The fraction of sp³-hybridized carbons (Fsp3) is 0.696. The van der Waals surface area contributed by atoms with Crippen LogP contribution in [0.15, 0.2) is 0 Å². The first-order chi connectivity index (χ1) is 29.5. The van der Waals surface area contributed by atoms with Gasteiger partial charge in [0.2, 0.25) is 5.91 Å². The van der Waals surface area contributed by atoms with Crippen molar-refractivity contribution >= 4 is 81.6 Å². The number of ether oxygens (including phenoxy) is 2. The predicted molar refractivity (Wildman–Crippen MR) is 235 cm³/mol. The van der Waals surface area contributed by atoms with Crippen LogP contribution >= 0.6 is 0 Å². The molecule has 0 radical (unpaired) electrons. The number of hydrogen-bond donors (Lipinski definition) is 2. The highest BCUT2D eigenvalue weighted by molar-refractivity contribution is 5.92. The molecule has 0 unspecified atom stereocenters. The van der Waals surface area contributed by atoms with Crippen molar-refractivity contribution in [1.29, 1.82) is 0 Å². The van der Waals surface area contributed by atoms with Crippen LogP contribution in [0.1, 0.15) is 160 Å². The van der Waals surface area contributed by atoms with Crippen molar-refractivity contribution in [3.05, 3.63) is 0 Å². The molecule has 0 fully saturated rings. The van der Waals surface area contributed by atoms with Gasteiger partial charge in [-0.05, 0) is 27.7 Å². The van der Waals surface area contributed by atoms with E-state index in [1.807, 2.05) is 13.8 Å². The number of ketones is 10. The minimum Gasteiger partial charge on any atom is -0.457 e. The summed E-state index contributed by atoms with van der Waals surface area (Å²) in [7, 11) is 0. The van der Waals surface area contributed by atoms with Crippen LogP contribution in [0.5, 0.6) is 0 Å². The van der Waals surface area contributed by atoms with E-state index in [0.29, 0.717) is 12.8 Å². The zero-order valence-corrected chi connectivity index (χ0v) is 40.2. The Labute approximate surface area is 378 Å². The van der Waals surface area contributed by atoms with E-state index in [2.05, 4.69) is 15.4 Å². The lowest BCUT2D eigenvalue weighted by Gasteiger charge is -2.07.